The molecule has 0 aliphatic heterocycles. The maximum absolute atomic E-state index is 12.5. The summed E-state index contributed by atoms with van der Waals surface area (Å²) in [6, 6.07) is 7.71. The van der Waals surface area contributed by atoms with Crippen LogP contribution in [0.4, 0.5) is 18.9 Å². The molecule has 2 aromatic carbocycles. The molecule has 0 atom stereocenters. The van der Waals surface area contributed by atoms with Gasteiger partial charge in [0.1, 0.15) is 11.3 Å². The standard InChI is InChI=1S/C17H9ClF3NO4/c18-9-3-6-12-11(7-9)14(23)13(16(25)26-12)15(24)22-10-4-1-8(2-5-10)17(19,20)21/h1-7,23H,(H,22,24). The van der Waals surface area contributed by atoms with E-state index in [9.17, 15) is 27.9 Å². The molecule has 26 heavy (non-hydrogen) atoms. The van der Waals surface area contributed by atoms with Crippen LogP contribution >= 0.6 is 11.6 Å². The quantitative estimate of drug-likeness (QED) is 0.642. The summed E-state index contributed by atoms with van der Waals surface area (Å²) in [5, 5.41) is 12.8. The van der Waals surface area contributed by atoms with Crippen LogP contribution in [-0.2, 0) is 6.18 Å². The molecular formula is C17H9ClF3NO4. The molecule has 0 saturated heterocycles. The van der Waals surface area contributed by atoms with Gasteiger partial charge in [-0.15, -0.1) is 0 Å². The van der Waals surface area contributed by atoms with E-state index in [1.54, 1.807) is 0 Å². The largest absolute Gasteiger partial charge is 0.506 e. The van der Waals surface area contributed by atoms with Crippen molar-refractivity contribution in [1.82, 2.24) is 0 Å². The van der Waals surface area contributed by atoms with Gasteiger partial charge in [-0.3, -0.25) is 4.79 Å². The van der Waals surface area contributed by atoms with Gasteiger partial charge in [-0.25, -0.2) is 4.79 Å². The lowest BCUT2D eigenvalue weighted by Gasteiger charge is -2.10. The van der Waals surface area contributed by atoms with Crippen LogP contribution in [0, 0.1) is 0 Å². The van der Waals surface area contributed by atoms with E-state index in [0.29, 0.717) is 0 Å². The van der Waals surface area contributed by atoms with Gasteiger partial charge in [0.25, 0.3) is 5.91 Å². The Labute approximate surface area is 148 Å². The fourth-order valence-corrected chi connectivity index (χ4v) is 2.47. The second-order valence-electron chi connectivity index (χ2n) is 5.28. The lowest BCUT2D eigenvalue weighted by atomic mass is 10.1. The third kappa shape index (κ3) is 3.36. The first kappa shape index (κ1) is 17.8. The van der Waals surface area contributed by atoms with Crippen molar-refractivity contribution in [3.05, 3.63) is 69.0 Å². The second-order valence-corrected chi connectivity index (χ2v) is 5.72. The third-order valence-electron chi connectivity index (χ3n) is 3.54. The number of amides is 1. The summed E-state index contributed by atoms with van der Waals surface area (Å²) in [7, 11) is 0. The zero-order valence-electron chi connectivity index (χ0n) is 12.7. The van der Waals surface area contributed by atoms with Crippen molar-refractivity contribution in [2.24, 2.45) is 0 Å². The normalized spacial score (nSPS) is 11.5. The Morgan fingerprint density at radius 3 is 2.38 bits per heavy atom. The summed E-state index contributed by atoms with van der Waals surface area (Å²) in [5.41, 5.74) is -2.63. The van der Waals surface area contributed by atoms with E-state index in [1.807, 2.05) is 0 Å². The van der Waals surface area contributed by atoms with Crippen LogP contribution in [0.3, 0.4) is 0 Å². The average Bonchev–Trinajstić information content (AvgIpc) is 2.55. The molecule has 134 valence electrons. The van der Waals surface area contributed by atoms with Gasteiger partial charge in [0, 0.05) is 10.7 Å². The number of anilines is 1. The van der Waals surface area contributed by atoms with Gasteiger partial charge in [0.2, 0.25) is 0 Å². The molecule has 3 aromatic rings. The minimum absolute atomic E-state index is 0.00740. The Morgan fingerprint density at radius 1 is 1.12 bits per heavy atom. The molecule has 0 aliphatic rings. The molecule has 3 rings (SSSR count). The molecule has 0 saturated carbocycles. The van der Waals surface area contributed by atoms with Gasteiger partial charge >= 0.3 is 11.8 Å². The number of fused-ring (bicyclic) bond motifs is 1. The highest BCUT2D eigenvalue weighted by Crippen LogP contribution is 2.31. The highest BCUT2D eigenvalue weighted by atomic mass is 35.5. The van der Waals surface area contributed by atoms with Gasteiger partial charge in [-0.2, -0.15) is 13.2 Å². The fourth-order valence-electron chi connectivity index (χ4n) is 2.29. The van der Waals surface area contributed by atoms with E-state index in [2.05, 4.69) is 5.32 Å². The van der Waals surface area contributed by atoms with Crippen molar-refractivity contribution in [3.63, 3.8) is 0 Å². The zero-order chi connectivity index (χ0) is 19.1. The SMILES string of the molecule is O=C(Nc1ccc(C(F)(F)F)cc1)c1c(O)c2cc(Cl)ccc2oc1=O. The topological polar surface area (TPSA) is 79.5 Å². The van der Waals surface area contributed by atoms with Crippen molar-refractivity contribution < 1.29 is 27.5 Å². The van der Waals surface area contributed by atoms with E-state index >= 15 is 0 Å². The van der Waals surface area contributed by atoms with Gasteiger partial charge in [0.15, 0.2) is 5.56 Å². The van der Waals surface area contributed by atoms with E-state index in [4.69, 9.17) is 16.0 Å². The summed E-state index contributed by atoms with van der Waals surface area (Å²) in [4.78, 5) is 24.3. The van der Waals surface area contributed by atoms with Crippen LogP contribution in [0.2, 0.25) is 5.02 Å². The van der Waals surface area contributed by atoms with E-state index < -0.39 is 34.6 Å². The third-order valence-corrected chi connectivity index (χ3v) is 3.77. The number of benzene rings is 2. The Balaban J connectivity index is 1.96. The smallest absolute Gasteiger partial charge is 0.416 e. The summed E-state index contributed by atoms with van der Waals surface area (Å²) in [6.07, 6.45) is -4.51. The number of alkyl halides is 3. The molecular weight excluding hydrogens is 375 g/mol. The molecule has 0 spiro atoms. The first-order valence-corrected chi connectivity index (χ1v) is 7.48. The second kappa shape index (κ2) is 6.38. The van der Waals surface area contributed by atoms with E-state index in [1.165, 1.54) is 18.2 Å². The summed E-state index contributed by atoms with van der Waals surface area (Å²) >= 11 is 5.82. The van der Waals surface area contributed by atoms with Gasteiger partial charge in [-0.05, 0) is 42.5 Å². The lowest BCUT2D eigenvalue weighted by molar-refractivity contribution is -0.137. The number of hydrogen-bond acceptors (Lipinski definition) is 4. The van der Waals surface area contributed by atoms with Crippen LogP contribution in [0.1, 0.15) is 15.9 Å². The molecule has 0 radical (unpaired) electrons. The van der Waals surface area contributed by atoms with E-state index in [0.717, 1.165) is 24.3 Å². The van der Waals surface area contributed by atoms with Gasteiger partial charge in [-0.1, -0.05) is 11.6 Å². The number of halogens is 4. The minimum atomic E-state index is -4.51. The summed E-state index contributed by atoms with van der Waals surface area (Å²) < 4.78 is 42.6. The van der Waals surface area contributed by atoms with Crippen LogP contribution in [0.15, 0.2) is 51.7 Å². The predicted molar refractivity (Wildman–Crippen MR) is 88.6 cm³/mol. The summed E-state index contributed by atoms with van der Waals surface area (Å²) in [5.74, 6) is -1.67. The molecule has 0 aliphatic carbocycles. The maximum Gasteiger partial charge on any atom is 0.416 e. The fraction of sp³-hybridized carbons (Fsp3) is 0.0588. The number of carbonyl (C=O) groups excluding carboxylic acids is 1. The molecule has 0 fully saturated rings. The van der Waals surface area contributed by atoms with Crippen molar-refractivity contribution in [2.75, 3.05) is 5.32 Å². The molecule has 1 heterocycles. The Morgan fingerprint density at radius 2 is 1.77 bits per heavy atom. The molecule has 9 heteroatoms. The Kier molecular flexibility index (Phi) is 4.37. The molecule has 1 aromatic heterocycles. The van der Waals surface area contributed by atoms with Gasteiger partial charge in [0.05, 0.1) is 10.9 Å². The molecule has 0 bridgehead atoms. The van der Waals surface area contributed by atoms with Crippen molar-refractivity contribution in [3.8, 4) is 5.75 Å². The highest BCUT2D eigenvalue weighted by molar-refractivity contribution is 6.31. The highest BCUT2D eigenvalue weighted by Gasteiger charge is 2.30. The lowest BCUT2D eigenvalue weighted by Crippen LogP contribution is -2.21. The predicted octanol–water partition coefficient (Wildman–Crippen LogP) is 4.42. The summed E-state index contributed by atoms with van der Waals surface area (Å²) in [6.45, 7) is 0. The Bertz CT molecular complexity index is 1060. The zero-order valence-corrected chi connectivity index (χ0v) is 13.5. The Hall–Kier alpha value is -3.00. The van der Waals surface area contributed by atoms with Crippen molar-refractivity contribution in [1.29, 1.82) is 0 Å². The minimum Gasteiger partial charge on any atom is -0.506 e. The van der Waals surface area contributed by atoms with Crippen LogP contribution < -0.4 is 10.9 Å². The molecule has 1 amide bonds. The van der Waals surface area contributed by atoms with Crippen LogP contribution in [-0.4, -0.2) is 11.0 Å². The molecule has 2 N–H and O–H groups in total. The maximum atomic E-state index is 12.5. The van der Waals surface area contributed by atoms with Crippen LogP contribution in [0.5, 0.6) is 5.75 Å². The van der Waals surface area contributed by atoms with E-state index in [-0.39, 0.29) is 21.7 Å². The monoisotopic (exact) mass is 383 g/mol. The average molecular weight is 384 g/mol. The number of rotatable bonds is 2. The number of nitrogens with one attached hydrogen (secondary N) is 1. The van der Waals surface area contributed by atoms with Crippen molar-refractivity contribution >= 4 is 34.2 Å². The number of hydrogen-bond donors (Lipinski definition) is 2. The van der Waals surface area contributed by atoms with Crippen LogP contribution in [0.25, 0.3) is 11.0 Å². The number of aromatic hydroxyl groups is 1. The van der Waals surface area contributed by atoms with Crippen molar-refractivity contribution in [2.45, 2.75) is 6.18 Å². The molecule has 5 nitrogen and oxygen atoms in total. The van der Waals surface area contributed by atoms with Gasteiger partial charge < -0.3 is 14.8 Å². The molecule has 0 unspecified atom stereocenters. The number of carbonyl (C=O) groups is 1. The first-order chi connectivity index (χ1) is 12.2. The first-order valence-electron chi connectivity index (χ1n) is 7.11.